The Balaban J connectivity index is 0.000000641. The summed E-state index contributed by atoms with van der Waals surface area (Å²) in [6.45, 7) is 12.7. The van der Waals surface area contributed by atoms with Gasteiger partial charge in [0.2, 0.25) is 0 Å². The molecule has 2 unspecified atom stereocenters. The van der Waals surface area contributed by atoms with Gasteiger partial charge in [0.05, 0.1) is 17.1 Å². The summed E-state index contributed by atoms with van der Waals surface area (Å²) in [6.07, 6.45) is 5.04. The zero-order valence-corrected chi connectivity index (χ0v) is 13.8. The Morgan fingerprint density at radius 1 is 1.40 bits per heavy atom. The minimum absolute atomic E-state index is 0.0455. The van der Waals surface area contributed by atoms with E-state index in [4.69, 9.17) is 10.00 Å². The predicted octanol–water partition coefficient (Wildman–Crippen LogP) is 4.28. The van der Waals surface area contributed by atoms with Gasteiger partial charge in [0.1, 0.15) is 6.07 Å². The van der Waals surface area contributed by atoms with Gasteiger partial charge in [-0.15, -0.1) is 0 Å². The van der Waals surface area contributed by atoms with E-state index in [2.05, 4.69) is 13.8 Å². The summed E-state index contributed by atoms with van der Waals surface area (Å²) in [6, 6.07) is 2.00. The lowest BCUT2D eigenvalue weighted by atomic mass is 9.67. The van der Waals surface area contributed by atoms with Gasteiger partial charge in [0.15, 0.2) is 5.78 Å². The molecular formula is C17H29NO2. The van der Waals surface area contributed by atoms with Crippen molar-refractivity contribution in [2.24, 2.45) is 11.3 Å². The molecule has 2 atom stereocenters. The van der Waals surface area contributed by atoms with Crippen molar-refractivity contribution in [2.45, 2.75) is 66.9 Å². The lowest BCUT2D eigenvalue weighted by Gasteiger charge is -2.42. The van der Waals surface area contributed by atoms with E-state index in [0.29, 0.717) is 5.57 Å². The van der Waals surface area contributed by atoms with E-state index in [9.17, 15) is 4.79 Å². The standard InChI is InChI=1S/C12H15NO2.C3H8.C2H6/c1-12(2)10(14)9(7-13)6-8-4-3-5-15-11(8)12;1-3-2;1-2/h6,8,11H,3-5H2,1-2H3;3H2,1-2H3;1-2H3. The molecule has 0 aromatic carbocycles. The first-order chi connectivity index (χ1) is 9.48. The molecular weight excluding hydrogens is 250 g/mol. The Kier molecular flexibility index (Phi) is 8.41. The second kappa shape index (κ2) is 8.92. The van der Waals surface area contributed by atoms with Crippen LogP contribution in [0.25, 0.3) is 0 Å². The quantitative estimate of drug-likeness (QED) is 0.665. The molecule has 1 saturated heterocycles. The molecule has 0 N–H and O–H groups in total. The molecule has 0 bridgehead atoms. The van der Waals surface area contributed by atoms with Gasteiger partial charge >= 0.3 is 0 Å². The third-order valence-electron chi connectivity index (χ3n) is 3.41. The zero-order chi connectivity index (χ0) is 15.8. The van der Waals surface area contributed by atoms with Gasteiger partial charge in [-0.2, -0.15) is 5.26 Å². The second-order valence-electron chi connectivity index (χ2n) is 5.55. The average Bonchev–Trinajstić information content (AvgIpc) is 2.46. The number of hydrogen-bond acceptors (Lipinski definition) is 3. The predicted molar refractivity (Wildman–Crippen MR) is 82.3 cm³/mol. The fraction of sp³-hybridized carbons (Fsp3) is 0.765. The van der Waals surface area contributed by atoms with Gasteiger partial charge in [0.25, 0.3) is 0 Å². The molecule has 2 rings (SSSR count). The van der Waals surface area contributed by atoms with Gasteiger partial charge in [-0.05, 0) is 26.7 Å². The van der Waals surface area contributed by atoms with Crippen LogP contribution in [0.2, 0.25) is 0 Å². The van der Waals surface area contributed by atoms with Crippen molar-refractivity contribution in [3.63, 3.8) is 0 Å². The van der Waals surface area contributed by atoms with Crippen LogP contribution in [-0.4, -0.2) is 18.5 Å². The van der Waals surface area contributed by atoms with Crippen LogP contribution in [0.4, 0.5) is 0 Å². The molecule has 0 amide bonds. The number of allylic oxidation sites excluding steroid dienone is 1. The van der Waals surface area contributed by atoms with E-state index in [0.717, 1.165) is 19.4 Å². The van der Waals surface area contributed by atoms with Crippen LogP contribution in [0.3, 0.4) is 0 Å². The maximum atomic E-state index is 12.0. The molecule has 1 fully saturated rings. The first-order valence-electron chi connectivity index (χ1n) is 7.77. The molecule has 0 aromatic heterocycles. The van der Waals surface area contributed by atoms with E-state index in [-0.39, 0.29) is 17.8 Å². The SMILES string of the molecule is CC.CC1(C)C(=O)C(C#N)=CC2CCCOC21.CCC. The zero-order valence-electron chi connectivity index (χ0n) is 13.8. The lowest BCUT2D eigenvalue weighted by Crippen LogP contribution is -2.49. The first-order valence-corrected chi connectivity index (χ1v) is 7.77. The van der Waals surface area contributed by atoms with E-state index in [1.165, 1.54) is 6.42 Å². The van der Waals surface area contributed by atoms with E-state index < -0.39 is 5.41 Å². The second-order valence-corrected chi connectivity index (χ2v) is 5.55. The number of rotatable bonds is 0. The third kappa shape index (κ3) is 4.18. The number of ether oxygens (including phenoxy) is 1. The van der Waals surface area contributed by atoms with Crippen molar-refractivity contribution in [2.75, 3.05) is 6.61 Å². The topological polar surface area (TPSA) is 50.1 Å². The number of fused-ring (bicyclic) bond motifs is 1. The van der Waals surface area contributed by atoms with Crippen LogP contribution >= 0.6 is 0 Å². The molecule has 0 spiro atoms. The Hall–Kier alpha value is -1.14. The maximum Gasteiger partial charge on any atom is 0.181 e. The molecule has 114 valence electrons. The van der Waals surface area contributed by atoms with Gasteiger partial charge in [0, 0.05) is 12.5 Å². The molecule has 1 heterocycles. The highest BCUT2D eigenvalue weighted by atomic mass is 16.5. The van der Waals surface area contributed by atoms with Gasteiger partial charge < -0.3 is 4.74 Å². The van der Waals surface area contributed by atoms with Gasteiger partial charge in [-0.1, -0.05) is 40.2 Å². The number of Topliss-reactive ketones (excluding diaryl/α,β-unsaturated/α-hetero) is 1. The van der Waals surface area contributed by atoms with Crippen LogP contribution < -0.4 is 0 Å². The molecule has 3 nitrogen and oxygen atoms in total. The van der Waals surface area contributed by atoms with Crippen LogP contribution in [0.15, 0.2) is 11.6 Å². The Morgan fingerprint density at radius 3 is 2.45 bits per heavy atom. The highest BCUT2D eigenvalue weighted by molar-refractivity contribution is 6.04. The summed E-state index contributed by atoms with van der Waals surface area (Å²) in [5.74, 6) is 0.161. The van der Waals surface area contributed by atoms with E-state index in [1.54, 1.807) is 6.08 Å². The smallest absolute Gasteiger partial charge is 0.181 e. The van der Waals surface area contributed by atoms with Gasteiger partial charge in [-0.3, -0.25) is 4.79 Å². The summed E-state index contributed by atoms with van der Waals surface area (Å²) < 4.78 is 5.69. The lowest BCUT2D eigenvalue weighted by molar-refractivity contribution is -0.141. The number of nitrogens with zero attached hydrogens (tertiary/aromatic N) is 1. The normalized spacial score (nSPS) is 26.6. The van der Waals surface area contributed by atoms with Crippen molar-refractivity contribution >= 4 is 5.78 Å². The molecule has 1 aliphatic carbocycles. The Labute approximate surface area is 124 Å². The number of carbonyl (C=O) groups is 1. The van der Waals surface area contributed by atoms with E-state index >= 15 is 0 Å². The number of ketones is 1. The summed E-state index contributed by atoms with van der Waals surface area (Å²) in [5, 5.41) is 8.90. The van der Waals surface area contributed by atoms with E-state index in [1.807, 2.05) is 33.8 Å². The minimum Gasteiger partial charge on any atom is -0.377 e. The van der Waals surface area contributed by atoms with Crippen LogP contribution in [0.5, 0.6) is 0 Å². The van der Waals surface area contributed by atoms with Crippen molar-refractivity contribution in [1.82, 2.24) is 0 Å². The summed E-state index contributed by atoms with van der Waals surface area (Å²) in [7, 11) is 0. The summed E-state index contributed by atoms with van der Waals surface area (Å²) >= 11 is 0. The minimum atomic E-state index is -0.551. The molecule has 0 saturated carbocycles. The fourth-order valence-electron chi connectivity index (χ4n) is 2.57. The fourth-order valence-corrected chi connectivity index (χ4v) is 2.57. The highest BCUT2D eigenvalue weighted by Gasteiger charge is 2.47. The maximum absolute atomic E-state index is 12.0. The van der Waals surface area contributed by atoms with Crippen LogP contribution in [0.1, 0.15) is 60.8 Å². The summed E-state index contributed by atoms with van der Waals surface area (Å²) in [4.78, 5) is 12.0. The van der Waals surface area contributed by atoms with Crippen molar-refractivity contribution in [3.05, 3.63) is 11.6 Å². The monoisotopic (exact) mass is 279 g/mol. The van der Waals surface area contributed by atoms with Crippen molar-refractivity contribution in [3.8, 4) is 6.07 Å². The average molecular weight is 279 g/mol. The van der Waals surface area contributed by atoms with Crippen molar-refractivity contribution < 1.29 is 9.53 Å². The molecule has 3 heteroatoms. The van der Waals surface area contributed by atoms with Crippen LogP contribution in [-0.2, 0) is 9.53 Å². The third-order valence-corrected chi connectivity index (χ3v) is 3.41. The largest absolute Gasteiger partial charge is 0.377 e. The summed E-state index contributed by atoms with van der Waals surface area (Å²) in [5.41, 5.74) is -0.239. The number of carbonyl (C=O) groups excluding carboxylic acids is 1. The molecule has 0 radical (unpaired) electrons. The molecule has 2 aliphatic rings. The molecule has 0 aromatic rings. The Bertz CT molecular complexity index is 377. The highest BCUT2D eigenvalue weighted by Crippen LogP contribution is 2.41. The van der Waals surface area contributed by atoms with Crippen LogP contribution in [0, 0.1) is 22.7 Å². The number of nitriles is 1. The molecule has 20 heavy (non-hydrogen) atoms. The van der Waals surface area contributed by atoms with Crippen molar-refractivity contribution in [1.29, 1.82) is 5.26 Å². The van der Waals surface area contributed by atoms with Gasteiger partial charge in [-0.25, -0.2) is 0 Å². The molecule has 1 aliphatic heterocycles. The first kappa shape index (κ1) is 18.9. The Morgan fingerprint density at radius 2 is 1.95 bits per heavy atom. The number of hydrogen-bond donors (Lipinski definition) is 0.